The normalized spacial score (nSPS) is 17.4. The van der Waals surface area contributed by atoms with E-state index in [1.807, 2.05) is 0 Å². The molecule has 0 heterocycles. The summed E-state index contributed by atoms with van der Waals surface area (Å²) in [6.45, 7) is 0. The first-order valence-electron chi connectivity index (χ1n) is 11.1. The van der Waals surface area contributed by atoms with Crippen LogP contribution in [0, 0.1) is 0 Å². The summed E-state index contributed by atoms with van der Waals surface area (Å²) in [6.07, 6.45) is -17.2. The number of carboxylic acid groups (broad SMARTS) is 1. The van der Waals surface area contributed by atoms with Crippen LogP contribution in [-0.4, -0.2) is 106 Å². The predicted molar refractivity (Wildman–Crippen MR) is 92.5 cm³/mol. The van der Waals surface area contributed by atoms with Gasteiger partial charge in [-0.1, -0.05) is 0 Å². The predicted octanol–water partition coefficient (Wildman–Crippen LogP) is 10.3. The van der Waals surface area contributed by atoms with E-state index in [-0.39, 0.29) is 0 Å². The monoisotopic (exact) mass is 860 g/mol. The Balaban J connectivity index is 7.66. The molecule has 0 bridgehead atoms. The van der Waals surface area contributed by atoms with Gasteiger partial charge in [0.2, 0.25) is 0 Å². The van der Waals surface area contributed by atoms with E-state index < -0.39 is 108 Å². The van der Waals surface area contributed by atoms with Crippen molar-refractivity contribution in [3.63, 3.8) is 0 Å². The lowest BCUT2D eigenvalue weighted by Crippen LogP contribution is -2.79. The molecule has 0 aromatic rings. The van der Waals surface area contributed by atoms with Crippen LogP contribution in [0.15, 0.2) is 0 Å². The molecule has 34 heteroatoms. The molecular weight excluding hydrogens is 856 g/mol. The number of aliphatic carboxylic acids is 1. The molecule has 0 radical (unpaired) electrons. The molecule has 0 saturated carbocycles. The van der Waals surface area contributed by atoms with Gasteiger partial charge in [0.05, 0.1) is 6.42 Å². The van der Waals surface area contributed by atoms with Crippen LogP contribution in [0.1, 0.15) is 6.42 Å². The van der Waals surface area contributed by atoms with E-state index in [9.17, 15) is 145 Å². The van der Waals surface area contributed by atoms with Crippen LogP contribution < -0.4 is 0 Å². The van der Waals surface area contributed by atoms with E-state index in [2.05, 4.69) is 0 Å². The average Bonchev–Trinajstić information content (AvgIpc) is 2.90. The zero-order valence-corrected chi connectivity index (χ0v) is 22.2. The van der Waals surface area contributed by atoms with Crippen molar-refractivity contribution >= 4 is 5.97 Å². The minimum Gasteiger partial charge on any atom is -0.481 e. The van der Waals surface area contributed by atoms with Gasteiger partial charge in [-0.05, 0) is 0 Å². The topological polar surface area (TPSA) is 37.3 Å². The number of hydrogen-bond acceptors (Lipinski definition) is 1. The van der Waals surface area contributed by atoms with E-state index in [0.29, 0.717) is 0 Å². The Morgan fingerprint density at radius 3 is 0.635 bits per heavy atom. The van der Waals surface area contributed by atoms with Crippen molar-refractivity contribution in [2.75, 3.05) is 0 Å². The van der Waals surface area contributed by atoms with Crippen molar-refractivity contribution in [1.82, 2.24) is 0 Å². The Morgan fingerprint density at radius 1 is 0.327 bits per heavy atom. The zero-order valence-electron chi connectivity index (χ0n) is 22.2. The molecule has 0 fully saturated rings. The zero-order chi connectivity index (χ0) is 43.4. The largest absolute Gasteiger partial charge is 0.481 e. The first kappa shape index (κ1) is 49.2. The van der Waals surface area contributed by atoms with Crippen molar-refractivity contribution < 1.29 is 150 Å². The van der Waals surface area contributed by atoms with Crippen molar-refractivity contribution in [1.29, 1.82) is 0 Å². The van der Waals surface area contributed by atoms with Crippen LogP contribution in [0.4, 0.5) is 140 Å². The second-order valence-electron chi connectivity index (χ2n) is 9.65. The lowest BCUT2D eigenvalue weighted by Gasteiger charge is -2.46. The van der Waals surface area contributed by atoms with E-state index in [1.165, 1.54) is 0 Å². The van der Waals surface area contributed by atoms with Gasteiger partial charge in [0.15, 0.2) is 6.17 Å². The Hall–Kier alpha value is -2.77. The van der Waals surface area contributed by atoms with Gasteiger partial charge in [0.1, 0.15) is 0 Å². The van der Waals surface area contributed by atoms with Crippen molar-refractivity contribution in [2.24, 2.45) is 0 Å². The van der Waals surface area contributed by atoms with Crippen LogP contribution in [0.2, 0.25) is 0 Å². The van der Waals surface area contributed by atoms with Crippen LogP contribution in [0.25, 0.3) is 0 Å². The number of rotatable bonds is 16. The number of carboxylic acids is 1. The maximum Gasteiger partial charge on any atom is 0.460 e. The van der Waals surface area contributed by atoms with E-state index >= 15 is 0 Å². The quantitative estimate of drug-likeness (QED) is 0.157. The number of carbonyl (C=O) groups is 1. The first-order chi connectivity index (χ1) is 21.8. The number of halogens is 32. The lowest BCUT2D eigenvalue weighted by molar-refractivity contribution is -0.489. The van der Waals surface area contributed by atoms with Gasteiger partial charge in [0, 0.05) is 0 Å². The minimum absolute atomic E-state index is 3.14. The van der Waals surface area contributed by atoms with Crippen LogP contribution in [-0.2, 0) is 4.79 Å². The highest BCUT2D eigenvalue weighted by Gasteiger charge is 3.01. The summed E-state index contributed by atoms with van der Waals surface area (Å²) in [5, 5.41) is 7.96. The van der Waals surface area contributed by atoms with Gasteiger partial charge < -0.3 is 5.11 Å². The molecule has 0 rings (SSSR count). The van der Waals surface area contributed by atoms with Crippen molar-refractivity contribution in [2.45, 2.75) is 102 Å². The highest BCUT2D eigenvalue weighted by molar-refractivity contribution is 5.67. The molecule has 1 unspecified atom stereocenters. The minimum atomic E-state index is -10.2. The Morgan fingerprint density at radius 2 is 0.481 bits per heavy atom. The summed E-state index contributed by atoms with van der Waals surface area (Å²) in [5.41, 5.74) is 0. The summed E-state index contributed by atoms with van der Waals surface area (Å²) in [4.78, 5) is 10.1. The molecule has 1 N–H and O–H groups in total. The van der Waals surface area contributed by atoms with Gasteiger partial charge in [-0.3, -0.25) is 4.79 Å². The van der Waals surface area contributed by atoms with E-state index in [0.717, 1.165) is 0 Å². The fourth-order valence-corrected chi connectivity index (χ4v) is 3.03. The molecule has 2 nitrogen and oxygen atoms in total. The lowest BCUT2D eigenvalue weighted by atomic mass is 9.82. The molecule has 0 aliphatic carbocycles. The molecule has 0 aliphatic rings. The summed E-state index contributed by atoms with van der Waals surface area (Å²) in [5.74, 6) is -138. The fourth-order valence-electron chi connectivity index (χ4n) is 3.03. The Kier molecular flexibility index (Phi) is 11.5. The highest BCUT2D eigenvalue weighted by atomic mass is 19.4. The Labute approximate surface area is 259 Å². The van der Waals surface area contributed by atoms with Crippen molar-refractivity contribution in [3.05, 3.63) is 0 Å². The van der Waals surface area contributed by atoms with Crippen molar-refractivity contribution in [3.8, 4) is 0 Å². The number of alkyl halides is 32. The molecule has 0 spiro atoms. The van der Waals surface area contributed by atoms with E-state index in [4.69, 9.17) is 5.11 Å². The Bertz CT molecular complexity index is 1320. The molecule has 1 atom stereocenters. The van der Waals surface area contributed by atoms with Gasteiger partial charge in [-0.15, -0.1) is 0 Å². The summed E-state index contributed by atoms with van der Waals surface area (Å²) in [7, 11) is 0. The molecule has 52 heavy (non-hydrogen) atoms. The molecular formula is C18H4F32O2. The van der Waals surface area contributed by atoms with Gasteiger partial charge in [0.25, 0.3) is 0 Å². The van der Waals surface area contributed by atoms with Gasteiger partial charge in [-0.25, -0.2) is 4.39 Å². The second kappa shape index (κ2) is 12.1. The molecule has 0 aromatic carbocycles. The highest BCUT2D eigenvalue weighted by Crippen LogP contribution is 2.69. The SMILES string of the molecule is O=C(O)CC(F)C(F)(F)C(F)(F)C(F)(F)C(F)(F)C(F)(F)C(F)(F)C(F)(F)C(F)(F)C(F)(F)C(F)(F)C(F)(F)C(F)(F)C(F)(F)C(F)(F)C(F)(F)F. The molecule has 312 valence electrons. The fraction of sp³-hybridized carbons (Fsp3) is 0.944. The number of hydrogen-bond donors (Lipinski definition) is 1. The first-order valence-corrected chi connectivity index (χ1v) is 11.1. The average molecular weight is 860 g/mol. The maximum atomic E-state index is 13.8. The standard InChI is InChI=1S/C18H4F32O2/c19-2(1-3(51)52)4(20,21)5(22,23)6(24,25)7(26,27)8(28,29)9(30,31)10(32,33)11(34,35)12(36,37)13(38,39)14(40,41)15(42,43)16(44,45)17(46,47)18(48,49)50/h2H,1H2,(H,51,52). The van der Waals surface area contributed by atoms with Crippen LogP contribution >= 0.6 is 0 Å². The molecule has 0 aliphatic heterocycles. The molecule has 0 amide bonds. The summed E-state index contributed by atoms with van der Waals surface area (Å²) < 4.78 is 429. The third kappa shape index (κ3) is 5.69. The van der Waals surface area contributed by atoms with E-state index in [1.54, 1.807) is 0 Å². The second-order valence-corrected chi connectivity index (χ2v) is 9.65. The third-order valence-electron chi connectivity index (χ3n) is 6.25. The smallest absolute Gasteiger partial charge is 0.460 e. The molecule has 0 saturated heterocycles. The van der Waals surface area contributed by atoms with Crippen LogP contribution in [0.5, 0.6) is 0 Å². The van der Waals surface area contributed by atoms with Gasteiger partial charge in [-0.2, -0.15) is 136 Å². The summed E-state index contributed by atoms with van der Waals surface area (Å²) >= 11 is 0. The molecule has 0 aromatic heterocycles. The van der Waals surface area contributed by atoms with Gasteiger partial charge >= 0.3 is 95.1 Å². The maximum absolute atomic E-state index is 13.8. The third-order valence-corrected chi connectivity index (χ3v) is 6.25. The summed E-state index contributed by atoms with van der Waals surface area (Å²) in [6, 6.07) is 0. The van der Waals surface area contributed by atoms with Crippen LogP contribution in [0.3, 0.4) is 0 Å².